The van der Waals surface area contributed by atoms with Crippen LogP contribution in [0.5, 0.6) is 11.5 Å². The van der Waals surface area contributed by atoms with Crippen molar-refractivity contribution >= 4 is 28.9 Å². The van der Waals surface area contributed by atoms with E-state index in [0.717, 1.165) is 11.3 Å². The summed E-state index contributed by atoms with van der Waals surface area (Å²) in [5.41, 5.74) is 8.32. The summed E-state index contributed by atoms with van der Waals surface area (Å²) in [5.74, 6) is 0.854. The van der Waals surface area contributed by atoms with Crippen molar-refractivity contribution in [3.63, 3.8) is 0 Å². The summed E-state index contributed by atoms with van der Waals surface area (Å²) in [6.07, 6.45) is -0.710. The zero-order valence-corrected chi connectivity index (χ0v) is 16.1. The summed E-state index contributed by atoms with van der Waals surface area (Å²) in [5, 5.41) is 3.34. The van der Waals surface area contributed by atoms with Crippen LogP contribution in [0, 0.1) is 13.8 Å². The molecule has 0 bridgehead atoms. The molecule has 2 aromatic rings. The highest BCUT2D eigenvalue weighted by atomic mass is 32.1. The van der Waals surface area contributed by atoms with Crippen molar-refractivity contribution in [3.05, 3.63) is 53.6 Å². The lowest BCUT2D eigenvalue weighted by atomic mass is 10.1. The molecule has 138 valence electrons. The maximum Gasteiger partial charge on any atom is 0.279 e. The van der Waals surface area contributed by atoms with Crippen LogP contribution < -0.4 is 25.6 Å². The molecule has 0 fully saturated rings. The molecule has 6 nitrogen and oxygen atoms in total. The van der Waals surface area contributed by atoms with Crippen LogP contribution >= 0.6 is 12.2 Å². The molecule has 3 N–H and O–H groups in total. The van der Waals surface area contributed by atoms with Crippen LogP contribution in [-0.4, -0.2) is 24.2 Å². The van der Waals surface area contributed by atoms with E-state index in [2.05, 4.69) is 16.2 Å². The summed E-state index contributed by atoms with van der Waals surface area (Å²) in [6.45, 7) is 5.66. The van der Waals surface area contributed by atoms with Gasteiger partial charge in [0.1, 0.15) is 11.5 Å². The van der Waals surface area contributed by atoms with Gasteiger partial charge in [-0.1, -0.05) is 23.8 Å². The number of hydrogen-bond donors (Lipinski definition) is 3. The first-order valence-electron chi connectivity index (χ1n) is 8.14. The minimum absolute atomic E-state index is 0.291. The normalized spacial score (nSPS) is 11.2. The number of amides is 1. The summed E-state index contributed by atoms with van der Waals surface area (Å²) in [7, 11) is 1.57. The molecule has 0 saturated carbocycles. The van der Waals surface area contributed by atoms with Gasteiger partial charge in [-0.3, -0.25) is 15.6 Å². The fraction of sp³-hybridized carbons (Fsp3) is 0.263. The van der Waals surface area contributed by atoms with Crippen LogP contribution in [0.2, 0.25) is 0 Å². The average molecular weight is 373 g/mol. The van der Waals surface area contributed by atoms with Gasteiger partial charge >= 0.3 is 0 Å². The number of benzene rings is 2. The molecule has 0 radical (unpaired) electrons. The number of carbonyl (C=O) groups is 1. The molecule has 0 unspecified atom stereocenters. The van der Waals surface area contributed by atoms with Gasteiger partial charge in [0, 0.05) is 11.8 Å². The van der Waals surface area contributed by atoms with Crippen molar-refractivity contribution < 1.29 is 14.3 Å². The number of hydrogen-bond acceptors (Lipinski definition) is 4. The van der Waals surface area contributed by atoms with Crippen LogP contribution in [0.1, 0.15) is 18.1 Å². The third-order valence-electron chi connectivity index (χ3n) is 3.65. The van der Waals surface area contributed by atoms with E-state index in [4.69, 9.17) is 21.7 Å². The number of nitrogens with one attached hydrogen (secondary N) is 3. The SMILES string of the molecule is COc1cccc(O[C@@H](C)C(=O)NNC(=S)Nc2ccc(C)cc2C)c1. The van der Waals surface area contributed by atoms with Gasteiger partial charge in [0.05, 0.1) is 7.11 Å². The summed E-state index contributed by atoms with van der Waals surface area (Å²) in [6, 6.07) is 13.0. The average Bonchev–Trinajstić information content (AvgIpc) is 2.62. The number of aryl methyl sites for hydroxylation is 2. The summed E-state index contributed by atoms with van der Waals surface area (Å²) < 4.78 is 10.7. The highest BCUT2D eigenvalue weighted by molar-refractivity contribution is 7.80. The first-order valence-corrected chi connectivity index (χ1v) is 8.54. The molecular weight excluding hydrogens is 350 g/mol. The van der Waals surface area contributed by atoms with Crippen LogP contribution in [0.15, 0.2) is 42.5 Å². The monoisotopic (exact) mass is 373 g/mol. The first-order chi connectivity index (χ1) is 12.4. The van der Waals surface area contributed by atoms with Crippen molar-refractivity contribution in [3.8, 4) is 11.5 Å². The second-order valence-electron chi connectivity index (χ2n) is 5.83. The molecule has 0 aromatic heterocycles. The van der Waals surface area contributed by atoms with Crippen LogP contribution in [-0.2, 0) is 4.79 Å². The lowest BCUT2D eigenvalue weighted by Crippen LogP contribution is -2.48. The Bertz CT molecular complexity index is 795. The van der Waals surface area contributed by atoms with Gasteiger partial charge in [0.2, 0.25) is 0 Å². The maximum absolute atomic E-state index is 12.2. The van der Waals surface area contributed by atoms with E-state index >= 15 is 0 Å². The zero-order chi connectivity index (χ0) is 19.1. The molecule has 7 heteroatoms. The Morgan fingerprint density at radius 1 is 1.08 bits per heavy atom. The third kappa shape index (κ3) is 5.63. The molecule has 0 aliphatic rings. The number of anilines is 1. The number of carbonyl (C=O) groups excluding carboxylic acids is 1. The Morgan fingerprint density at radius 3 is 2.50 bits per heavy atom. The van der Waals surface area contributed by atoms with Gasteiger partial charge in [0.15, 0.2) is 11.2 Å². The number of thiocarbonyl (C=S) groups is 1. The van der Waals surface area contributed by atoms with E-state index in [0.29, 0.717) is 16.6 Å². The largest absolute Gasteiger partial charge is 0.497 e. The molecule has 0 heterocycles. The maximum atomic E-state index is 12.2. The Balaban J connectivity index is 1.83. The van der Waals surface area contributed by atoms with Crippen LogP contribution in [0.25, 0.3) is 0 Å². The van der Waals surface area contributed by atoms with Gasteiger partial charge in [-0.05, 0) is 56.8 Å². The van der Waals surface area contributed by atoms with Gasteiger partial charge in [-0.25, -0.2) is 0 Å². The number of rotatable bonds is 5. The van der Waals surface area contributed by atoms with Crippen molar-refractivity contribution in [1.82, 2.24) is 10.9 Å². The predicted octanol–water partition coefficient (Wildman–Crippen LogP) is 3.10. The minimum atomic E-state index is -0.710. The quantitative estimate of drug-likeness (QED) is 0.553. The molecule has 26 heavy (non-hydrogen) atoms. The van der Waals surface area contributed by atoms with Crippen LogP contribution in [0.3, 0.4) is 0 Å². The van der Waals surface area contributed by atoms with Crippen molar-refractivity contribution in [2.75, 3.05) is 12.4 Å². The smallest absolute Gasteiger partial charge is 0.279 e. The Labute approximate surface area is 158 Å². The van der Waals surface area contributed by atoms with Gasteiger partial charge < -0.3 is 14.8 Å². The third-order valence-corrected chi connectivity index (χ3v) is 3.86. The van der Waals surface area contributed by atoms with E-state index in [-0.39, 0.29) is 5.91 Å². The Hall–Kier alpha value is -2.80. The van der Waals surface area contributed by atoms with Gasteiger partial charge in [-0.2, -0.15) is 0 Å². The standard InChI is InChI=1S/C19H23N3O3S/c1-12-8-9-17(13(2)10-12)20-19(26)22-21-18(23)14(3)25-16-7-5-6-15(11-16)24-4/h5-11,14H,1-4H3,(H,21,23)(H2,20,22,26)/t14-/m0/s1. The van der Waals surface area contributed by atoms with Crippen molar-refractivity contribution in [2.45, 2.75) is 26.9 Å². The molecular formula is C19H23N3O3S. The molecule has 1 atom stereocenters. The highest BCUT2D eigenvalue weighted by Gasteiger charge is 2.15. The Kier molecular flexibility index (Phi) is 6.80. The fourth-order valence-corrected chi connectivity index (χ4v) is 2.42. The van der Waals surface area contributed by atoms with E-state index in [1.165, 1.54) is 5.56 Å². The van der Waals surface area contributed by atoms with E-state index in [1.54, 1.807) is 38.3 Å². The topological polar surface area (TPSA) is 71.6 Å². The number of ether oxygens (including phenoxy) is 2. The predicted molar refractivity (Wildman–Crippen MR) is 106 cm³/mol. The van der Waals surface area contributed by atoms with E-state index in [1.807, 2.05) is 32.0 Å². The molecule has 2 aromatic carbocycles. The van der Waals surface area contributed by atoms with Crippen LogP contribution in [0.4, 0.5) is 5.69 Å². The molecule has 0 aliphatic heterocycles. The molecule has 0 aliphatic carbocycles. The second kappa shape index (κ2) is 9.05. The summed E-state index contributed by atoms with van der Waals surface area (Å²) >= 11 is 5.20. The first kappa shape index (κ1) is 19.5. The highest BCUT2D eigenvalue weighted by Crippen LogP contribution is 2.20. The van der Waals surface area contributed by atoms with E-state index in [9.17, 15) is 4.79 Å². The lowest BCUT2D eigenvalue weighted by Gasteiger charge is -2.17. The number of methoxy groups -OCH3 is 1. The second-order valence-corrected chi connectivity index (χ2v) is 6.23. The van der Waals surface area contributed by atoms with Crippen molar-refractivity contribution in [2.24, 2.45) is 0 Å². The fourth-order valence-electron chi connectivity index (χ4n) is 2.26. The minimum Gasteiger partial charge on any atom is -0.497 e. The summed E-state index contributed by atoms with van der Waals surface area (Å²) in [4.78, 5) is 12.2. The van der Waals surface area contributed by atoms with E-state index < -0.39 is 6.10 Å². The molecule has 0 saturated heterocycles. The lowest BCUT2D eigenvalue weighted by molar-refractivity contribution is -0.127. The number of hydrazine groups is 1. The molecule has 2 rings (SSSR count). The molecule has 1 amide bonds. The van der Waals surface area contributed by atoms with Gasteiger partial charge in [0.25, 0.3) is 5.91 Å². The Morgan fingerprint density at radius 2 is 1.81 bits per heavy atom. The zero-order valence-electron chi connectivity index (χ0n) is 15.3. The molecule has 0 spiro atoms. The van der Waals surface area contributed by atoms with Gasteiger partial charge in [-0.15, -0.1) is 0 Å². The van der Waals surface area contributed by atoms with Crippen molar-refractivity contribution in [1.29, 1.82) is 0 Å².